The summed E-state index contributed by atoms with van der Waals surface area (Å²) >= 11 is 0.902. The highest BCUT2D eigenvalue weighted by Crippen LogP contribution is 2.26. The highest BCUT2D eigenvalue weighted by Gasteiger charge is 2.29. The van der Waals surface area contributed by atoms with E-state index in [1.54, 1.807) is 5.32 Å². The zero-order valence-corrected chi connectivity index (χ0v) is 11.4. The number of nitrogens with zero attached hydrogens (tertiary/aromatic N) is 2. The van der Waals surface area contributed by atoms with Crippen molar-refractivity contribution in [3.05, 3.63) is 27.1 Å². The normalized spacial score (nSPS) is 11.8. The maximum atomic E-state index is 12.1. The molecule has 0 aliphatic carbocycles. The van der Waals surface area contributed by atoms with Crippen molar-refractivity contribution in [1.82, 2.24) is 14.9 Å². The predicted octanol–water partition coefficient (Wildman–Crippen LogP) is 1.60. The Bertz CT molecular complexity index is 733. The van der Waals surface area contributed by atoms with Crippen LogP contribution in [-0.4, -0.2) is 28.2 Å². The average molecular weight is 305 g/mol. The molecule has 0 saturated carbocycles. The maximum Gasteiger partial charge on any atom is 0.405 e. The fraction of sp³-hybridized carbons (Fsp3) is 0.364. The van der Waals surface area contributed by atoms with Crippen molar-refractivity contribution in [2.24, 2.45) is 7.05 Å². The lowest BCUT2D eigenvalue weighted by molar-refractivity contribution is -0.123. The van der Waals surface area contributed by atoms with Crippen LogP contribution < -0.4 is 10.9 Å². The van der Waals surface area contributed by atoms with Crippen molar-refractivity contribution in [1.29, 1.82) is 0 Å². The van der Waals surface area contributed by atoms with Crippen LogP contribution >= 0.6 is 11.3 Å². The summed E-state index contributed by atoms with van der Waals surface area (Å²) in [5.74, 6) is -0.857. The molecule has 0 unspecified atom stereocenters. The quantitative estimate of drug-likeness (QED) is 0.916. The van der Waals surface area contributed by atoms with Gasteiger partial charge in [-0.3, -0.25) is 9.59 Å². The molecule has 0 atom stereocenters. The van der Waals surface area contributed by atoms with E-state index in [0.29, 0.717) is 10.4 Å². The number of fused-ring (bicyclic) bond motifs is 1. The van der Waals surface area contributed by atoms with Crippen molar-refractivity contribution in [2.45, 2.75) is 13.1 Å². The van der Waals surface area contributed by atoms with Crippen molar-refractivity contribution < 1.29 is 18.0 Å². The Morgan fingerprint density at radius 1 is 1.50 bits per heavy atom. The first kappa shape index (κ1) is 14.5. The molecule has 0 spiro atoms. The Morgan fingerprint density at radius 3 is 2.75 bits per heavy atom. The molecule has 20 heavy (non-hydrogen) atoms. The van der Waals surface area contributed by atoms with Gasteiger partial charge in [-0.1, -0.05) is 0 Å². The first-order valence-electron chi connectivity index (χ1n) is 5.50. The van der Waals surface area contributed by atoms with E-state index in [9.17, 15) is 22.8 Å². The van der Waals surface area contributed by atoms with Gasteiger partial charge in [-0.2, -0.15) is 13.2 Å². The number of aromatic nitrogens is 2. The smallest absolute Gasteiger partial charge is 0.342 e. The van der Waals surface area contributed by atoms with Gasteiger partial charge in [0, 0.05) is 7.05 Å². The van der Waals surface area contributed by atoms with Crippen molar-refractivity contribution in [2.75, 3.05) is 6.54 Å². The summed E-state index contributed by atoms with van der Waals surface area (Å²) in [6, 6.07) is 0. The molecule has 2 heterocycles. The van der Waals surface area contributed by atoms with E-state index in [1.165, 1.54) is 24.9 Å². The summed E-state index contributed by atoms with van der Waals surface area (Å²) in [6.45, 7) is 0.107. The molecular weight excluding hydrogens is 295 g/mol. The average Bonchev–Trinajstić information content (AvgIpc) is 2.68. The number of amides is 1. The summed E-state index contributed by atoms with van der Waals surface area (Å²) in [5, 5.41) is 2.05. The maximum absolute atomic E-state index is 12.1. The van der Waals surface area contributed by atoms with Gasteiger partial charge < -0.3 is 9.88 Å². The van der Waals surface area contributed by atoms with Gasteiger partial charge in [0.1, 0.15) is 11.4 Å². The highest BCUT2D eigenvalue weighted by atomic mass is 32.1. The van der Waals surface area contributed by atoms with Crippen LogP contribution in [0.4, 0.5) is 13.2 Å². The Morgan fingerprint density at radius 2 is 2.15 bits per heavy atom. The molecule has 0 fully saturated rings. The van der Waals surface area contributed by atoms with E-state index >= 15 is 0 Å². The summed E-state index contributed by atoms with van der Waals surface area (Å²) < 4.78 is 37.5. The van der Waals surface area contributed by atoms with Gasteiger partial charge in [-0.05, 0) is 12.5 Å². The molecular formula is C11H10F3N3O2S. The van der Waals surface area contributed by atoms with E-state index in [-0.39, 0.29) is 15.8 Å². The van der Waals surface area contributed by atoms with Crippen molar-refractivity contribution in [3.8, 4) is 0 Å². The SMILES string of the molecule is Cc1c(C(=O)NCC(F)(F)F)sc2ncn(C)c(=O)c12. The van der Waals surface area contributed by atoms with Gasteiger partial charge in [-0.25, -0.2) is 4.98 Å². The van der Waals surface area contributed by atoms with Crippen LogP contribution in [0, 0.1) is 6.92 Å². The first-order chi connectivity index (χ1) is 9.20. The Labute approximate surface area is 115 Å². The minimum Gasteiger partial charge on any atom is -0.342 e. The molecule has 0 saturated heterocycles. The Hall–Kier alpha value is -1.90. The Balaban J connectivity index is 2.41. The van der Waals surface area contributed by atoms with Crippen LogP contribution in [0.25, 0.3) is 10.2 Å². The van der Waals surface area contributed by atoms with E-state index in [1.807, 2.05) is 0 Å². The lowest BCUT2D eigenvalue weighted by Gasteiger charge is -2.07. The number of thiophene rings is 1. The van der Waals surface area contributed by atoms with Crippen LogP contribution in [-0.2, 0) is 7.05 Å². The second-order valence-electron chi connectivity index (χ2n) is 4.19. The van der Waals surface area contributed by atoms with Crippen LogP contribution in [0.5, 0.6) is 0 Å². The molecule has 0 aliphatic rings. The topological polar surface area (TPSA) is 64.0 Å². The van der Waals surface area contributed by atoms with Gasteiger partial charge in [0.2, 0.25) is 0 Å². The molecule has 2 aromatic rings. The third kappa shape index (κ3) is 2.67. The number of hydrogen-bond acceptors (Lipinski definition) is 4. The molecule has 0 bridgehead atoms. The number of rotatable bonds is 2. The molecule has 1 N–H and O–H groups in total. The van der Waals surface area contributed by atoms with E-state index in [2.05, 4.69) is 4.98 Å². The number of hydrogen-bond donors (Lipinski definition) is 1. The summed E-state index contributed by atoms with van der Waals surface area (Å²) in [6.07, 6.45) is -3.17. The van der Waals surface area contributed by atoms with Gasteiger partial charge >= 0.3 is 6.18 Å². The zero-order valence-electron chi connectivity index (χ0n) is 10.5. The number of carbonyl (C=O) groups excluding carboxylic acids is 1. The van der Waals surface area contributed by atoms with Crippen LogP contribution in [0.3, 0.4) is 0 Å². The van der Waals surface area contributed by atoms with E-state index in [4.69, 9.17) is 0 Å². The van der Waals surface area contributed by atoms with E-state index < -0.39 is 18.6 Å². The highest BCUT2D eigenvalue weighted by molar-refractivity contribution is 7.20. The van der Waals surface area contributed by atoms with Crippen molar-refractivity contribution in [3.63, 3.8) is 0 Å². The van der Waals surface area contributed by atoms with Gasteiger partial charge in [0.15, 0.2) is 0 Å². The number of alkyl halides is 3. The summed E-state index contributed by atoms with van der Waals surface area (Å²) in [4.78, 5) is 28.1. The van der Waals surface area contributed by atoms with E-state index in [0.717, 1.165) is 11.3 Å². The second kappa shape index (κ2) is 4.89. The van der Waals surface area contributed by atoms with Crippen LogP contribution in [0.15, 0.2) is 11.1 Å². The molecule has 0 aliphatic heterocycles. The van der Waals surface area contributed by atoms with Gasteiger partial charge in [-0.15, -0.1) is 11.3 Å². The van der Waals surface area contributed by atoms with Crippen LogP contribution in [0.1, 0.15) is 15.2 Å². The standard InChI is InChI=1S/C11H10F3N3O2S/c1-5-6-9(16-4-17(2)10(6)19)20-7(5)8(18)15-3-11(12,13)14/h4H,3H2,1-2H3,(H,15,18). The predicted molar refractivity (Wildman–Crippen MR) is 68.0 cm³/mol. The molecule has 0 radical (unpaired) electrons. The fourth-order valence-corrected chi connectivity index (χ4v) is 2.74. The number of carbonyl (C=O) groups is 1. The zero-order chi connectivity index (χ0) is 15.1. The fourth-order valence-electron chi connectivity index (χ4n) is 1.69. The molecule has 5 nitrogen and oxygen atoms in total. The minimum atomic E-state index is -4.48. The lowest BCUT2D eigenvalue weighted by atomic mass is 10.2. The molecule has 9 heteroatoms. The minimum absolute atomic E-state index is 0.0695. The molecule has 0 aromatic carbocycles. The molecule has 1 amide bonds. The van der Waals surface area contributed by atoms with Crippen molar-refractivity contribution >= 4 is 27.5 Å². The monoisotopic (exact) mass is 305 g/mol. The second-order valence-corrected chi connectivity index (χ2v) is 5.19. The molecule has 108 valence electrons. The molecule has 2 aromatic heterocycles. The third-order valence-electron chi connectivity index (χ3n) is 2.67. The Kier molecular flexibility index (Phi) is 3.55. The summed E-state index contributed by atoms with van der Waals surface area (Å²) in [5.41, 5.74) is 0.0111. The van der Waals surface area contributed by atoms with Gasteiger partial charge in [0.05, 0.1) is 16.6 Å². The largest absolute Gasteiger partial charge is 0.405 e. The number of halogens is 3. The van der Waals surface area contributed by atoms with Crippen LogP contribution in [0.2, 0.25) is 0 Å². The molecule has 2 rings (SSSR count). The first-order valence-corrected chi connectivity index (χ1v) is 6.32. The lowest BCUT2D eigenvalue weighted by Crippen LogP contribution is -2.33. The number of aryl methyl sites for hydroxylation is 2. The summed E-state index contributed by atoms with van der Waals surface area (Å²) in [7, 11) is 1.51. The third-order valence-corrected chi connectivity index (χ3v) is 3.86. The van der Waals surface area contributed by atoms with Gasteiger partial charge in [0.25, 0.3) is 11.5 Å². The number of nitrogens with one attached hydrogen (secondary N) is 1.